The molecule has 1 aliphatic rings. The summed E-state index contributed by atoms with van der Waals surface area (Å²) >= 11 is 1.90. The van der Waals surface area contributed by atoms with E-state index in [2.05, 4.69) is 10.3 Å². The lowest BCUT2D eigenvalue weighted by Gasteiger charge is -2.26. The third-order valence-corrected chi connectivity index (χ3v) is 3.61. The lowest BCUT2D eigenvalue weighted by molar-refractivity contribution is 0.204. The van der Waals surface area contributed by atoms with Crippen LogP contribution in [0, 0.1) is 0 Å². The summed E-state index contributed by atoms with van der Waals surface area (Å²) in [6.07, 6.45) is 7.43. The van der Waals surface area contributed by atoms with Gasteiger partial charge >= 0.3 is 6.03 Å². The molecule has 5 heteroatoms. The fourth-order valence-corrected chi connectivity index (χ4v) is 2.60. The molecule has 2 heterocycles. The molecule has 1 aromatic heterocycles. The second-order valence-electron chi connectivity index (χ2n) is 3.97. The highest BCUT2D eigenvalue weighted by atomic mass is 32.2. The molecule has 1 N–H and O–H groups in total. The minimum Gasteiger partial charge on any atom is -0.335 e. The number of thioether (sulfide) groups is 1. The van der Waals surface area contributed by atoms with Crippen LogP contribution in [0.4, 0.5) is 4.79 Å². The first-order valence-electron chi connectivity index (χ1n) is 6.03. The maximum absolute atomic E-state index is 11.8. The van der Waals surface area contributed by atoms with Gasteiger partial charge in [-0.05, 0) is 11.6 Å². The third kappa shape index (κ3) is 4.07. The third-order valence-electron chi connectivity index (χ3n) is 2.66. The SMILES string of the molecule is O=C(NC/C=C/c1cccnc1)N1CCSCC1. The lowest BCUT2D eigenvalue weighted by Crippen LogP contribution is -2.44. The van der Waals surface area contributed by atoms with Crippen LogP contribution in [0.25, 0.3) is 6.08 Å². The van der Waals surface area contributed by atoms with E-state index < -0.39 is 0 Å². The van der Waals surface area contributed by atoms with Gasteiger partial charge in [-0.15, -0.1) is 0 Å². The first-order chi connectivity index (χ1) is 8.86. The smallest absolute Gasteiger partial charge is 0.317 e. The second-order valence-corrected chi connectivity index (χ2v) is 5.20. The molecular weight excluding hydrogens is 246 g/mol. The van der Waals surface area contributed by atoms with Crippen LogP contribution in [-0.2, 0) is 0 Å². The van der Waals surface area contributed by atoms with Crippen LogP contribution >= 0.6 is 11.8 Å². The van der Waals surface area contributed by atoms with Gasteiger partial charge in [-0.25, -0.2) is 4.79 Å². The zero-order valence-electron chi connectivity index (χ0n) is 10.2. The van der Waals surface area contributed by atoms with Crippen molar-refractivity contribution in [2.75, 3.05) is 31.1 Å². The van der Waals surface area contributed by atoms with E-state index >= 15 is 0 Å². The van der Waals surface area contributed by atoms with Crippen molar-refractivity contribution in [2.45, 2.75) is 0 Å². The summed E-state index contributed by atoms with van der Waals surface area (Å²) in [6.45, 7) is 2.25. The van der Waals surface area contributed by atoms with Crippen molar-refractivity contribution in [3.8, 4) is 0 Å². The largest absolute Gasteiger partial charge is 0.335 e. The molecule has 0 spiro atoms. The van der Waals surface area contributed by atoms with Crippen LogP contribution in [0.1, 0.15) is 5.56 Å². The summed E-state index contributed by atoms with van der Waals surface area (Å²) in [5, 5.41) is 2.89. The monoisotopic (exact) mass is 263 g/mol. The predicted octanol–water partition coefficient (Wildman–Crippen LogP) is 1.85. The minimum absolute atomic E-state index is 0.0335. The molecule has 4 nitrogen and oxygen atoms in total. The Bertz CT molecular complexity index is 402. The zero-order valence-corrected chi connectivity index (χ0v) is 11.0. The topological polar surface area (TPSA) is 45.2 Å². The number of carbonyl (C=O) groups excluding carboxylic acids is 1. The van der Waals surface area contributed by atoms with Gasteiger partial charge in [0.1, 0.15) is 0 Å². The second kappa shape index (κ2) is 7.06. The molecular formula is C13H17N3OS. The average molecular weight is 263 g/mol. The Morgan fingerprint density at radius 3 is 3.06 bits per heavy atom. The Morgan fingerprint density at radius 1 is 1.50 bits per heavy atom. The van der Waals surface area contributed by atoms with Gasteiger partial charge in [0.15, 0.2) is 0 Å². The number of nitrogens with one attached hydrogen (secondary N) is 1. The standard InChI is InChI=1S/C13H17N3OS/c17-13(16-7-9-18-10-8-16)15-6-2-4-12-3-1-5-14-11-12/h1-5,11H,6-10H2,(H,15,17)/b4-2+. The van der Waals surface area contributed by atoms with Gasteiger partial charge in [-0.2, -0.15) is 11.8 Å². The van der Waals surface area contributed by atoms with Crippen molar-refractivity contribution in [3.05, 3.63) is 36.2 Å². The van der Waals surface area contributed by atoms with E-state index in [-0.39, 0.29) is 6.03 Å². The molecule has 96 valence electrons. The fraction of sp³-hybridized carbons (Fsp3) is 0.385. The van der Waals surface area contributed by atoms with E-state index in [0.717, 1.165) is 30.2 Å². The van der Waals surface area contributed by atoms with Gasteiger partial charge in [0.25, 0.3) is 0 Å². The summed E-state index contributed by atoms with van der Waals surface area (Å²) in [7, 11) is 0. The number of nitrogens with zero attached hydrogens (tertiary/aromatic N) is 2. The van der Waals surface area contributed by atoms with E-state index in [1.165, 1.54) is 0 Å². The van der Waals surface area contributed by atoms with Crippen LogP contribution < -0.4 is 5.32 Å². The number of amides is 2. The summed E-state index contributed by atoms with van der Waals surface area (Å²) in [4.78, 5) is 17.7. The first-order valence-corrected chi connectivity index (χ1v) is 7.19. The summed E-state index contributed by atoms with van der Waals surface area (Å²) in [6, 6.07) is 3.91. The summed E-state index contributed by atoms with van der Waals surface area (Å²) in [5.41, 5.74) is 1.04. The van der Waals surface area contributed by atoms with Gasteiger partial charge in [0, 0.05) is 43.5 Å². The molecule has 1 aliphatic heterocycles. The average Bonchev–Trinajstić information content (AvgIpc) is 2.45. The van der Waals surface area contributed by atoms with Crippen LogP contribution in [0.15, 0.2) is 30.6 Å². The van der Waals surface area contributed by atoms with Crippen LogP contribution in [-0.4, -0.2) is 47.1 Å². The molecule has 1 aromatic rings. The Labute approximate surface area is 111 Å². The Kier molecular flexibility index (Phi) is 5.08. The Morgan fingerprint density at radius 2 is 2.33 bits per heavy atom. The molecule has 2 amide bonds. The molecule has 18 heavy (non-hydrogen) atoms. The molecule has 0 aromatic carbocycles. The maximum Gasteiger partial charge on any atom is 0.317 e. The number of aromatic nitrogens is 1. The number of urea groups is 1. The summed E-state index contributed by atoms with van der Waals surface area (Å²) in [5.74, 6) is 2.08. The van der Waals surface area contributed by atoms with Crippen LogP contribution in [0.3, 0.4) is 0 Å². The molecule has 0 unspecified atom stereocenters. The molecule has 0 atom stereocenters. The number of pyridine rings is 1. The predicted molar refractivity (Wildman–Crippen MR) is 75.6 cm³/mol. The molecule has 0 aliphatic carbocycles. The van der Waals surface area contributed by atoms with Gasteiger partial charge in [0.05, 0.1) is 0 Å². The maximum atomic E-state index is 11.8. The molecule has 0 radical (unpaired) electrons. The van der Waals surface area contributed by atoms with E-state index in [4.69, 9.17) is 0 Å². The first kappa shape index (κ1) is 13.0. The van der Waals surface area contributed by atoms with E-state index in [0.29, 0.717) is 6.54 Å². The Hall–Kier alpha value is -1.49. The molecule has 0 saturated carbocycles. The van der Waals surface area contributed by atoms with Crippen LogP contribution in [0.5, 0.6) is 0 Å². The highest BCUT2D eigenvalue weighted by Crippen LogP contribution is 2.08. The van der Waals surface area contributed by atoms with E-state index in [1.807, 2.05) is 40.9 Å². The summed E-state index contributed by atoms with van der Waals surface area (Å²) < 4.78 is 0. The zero-order chi connectivity index (χ0) is 12.6. The Balaban J connectivity index is 1.71. The van der Waals surface area contributed by atoms with Crippen molar-refractivity contribution < 1.29 is 4.79 Å². The van der Waals surface area contributed by atoms with E-state index in [1.54, 1.807) is 12.4 Å². The number of carbonyl (C=O) groups is 1. The fourth-order valence-electron chi connectivity index (χ4n) is 1.69. The highest BCUT2D eigenvalue weighted by Gasteiger charge is 2.15. The quantitative estimate of drug-likeness (QED) is 0.905. The van der Waals surface area contributed by atoms with Gasteiger partial charge < -0.3 is 10.2 Å². The highest BCUT2D eigenvalue weighted by molar-refractivity contribution is 7.99. The van der Waals surface area contributed by atoms with Crippen molar-refractivity contribution in [1.82, 2.24) is 15.2 Å². The molecule has 2 rings (SSSR count). The van der Waals surface area contributed by atoms with Crippen molar-refractivity contribution in [2.24, 2.45) is 0 Å². The molecule has 1 saturated heterocycles. The number of rotatable bonds is 3. The lowest BCUT2D eigenvalue weighted by atomic mass is 10.2. The minimum atomic E-state index is 0.0335. The van der Waals surface area contributed by atoms with Gasteiger partial charge in [0.2, 0.25) is 0 Å². The van der Waals surface area contributed by atoms with Crippen molar-refractivity contribution >= 4 is 23.9 Å². The number of hydrogen-bond acceptors (Lipinski definition) is 3. The van der Waals surface area contributed by atoms with Gasteiger partial charge in [-0.1, -0.05) is 18.2 Å². The normalized spacial score (nSPS) is 15.9. The van der Waals surface area contributed by atoms with Crippen molar-refractivity contribution in [3.63, 3.8) is 0 Å². The van der Waals surface area contributed by atoms with Crippen molar-refractivity contribution in [1.29, 1.82) is 0 Å². The molecule has 1 fully saturated rings. The van der Waals surface area contributed by atoms with Gasteiger partial charge in [-0.3, -0.25) is 4.98 Å². The van der Waals surface area contributed by atoms with E-state index in [9.17, 15) is 4.79 Å². The molecule has 0 bridgehead atoms. The number of hydrogen-bond donors (Lipinski definition) is 1. The van der Waals surface area contributed by atoms with Crippen LogP contribution in [0.2, 0.25) is 0 Å².